The van der Waals surface area contributed by atoms with E-state index < -0.39 is 5.41 Å². The molecule has 0 bridgehead atoms. The summed E-state index contributed by atoms with van der Waals surface area (Å²) in [6.45, 7) is 2.40. The summed E-state index contributed by atoms with van der Waals surface area (Å²) in [5, 5.41) is 2.27. The van der Waals surface area contributed by atoms with Gasteiger partial charge in [0.15, 0.2) is 0 Å². The molecule has 2 aliphatic carbocycles. The highest BCUT2D eigenvalue weighted by molar-refractivity contribution is 6.12. The molecule has 1 unspecified atom stereocenters. The number of nitrogens with zero attached hydrogens (tertiary/aromatic N) is 1. The first kappa shape index (κ1) is 37.4. The van der Waals surface area contributed by atoms with E-state index in [4.69, 9.17) is 4.42 Å². The number of fused-ring (bicyclic) bond motifs is 9. The van der Waals surface area contributed by atoms with Gasteiger partial charge in [0.2, 0.25) is 0 Å². The van der Waals surface area contributed by atoms with Gasteiger partial charge in [-0.25, -0.2) is 0 Å². The predicted octanol–water partition coefficient (Wildman–Crippen LogP) is 16.4. The summed E-state index contributed by atoms with van der Waals surface area (Å²) in [5.41, 5.74) is 20.7. The van der Waals surface area contributed by atoms with Gasteiger partial charge in [0.05, 0.1) is 5.41 Å². The smallest absolute Gasteiger partial charge is 0.136 e. The molecule has 0 radical (unpaired) electrons. The van der Waals surface area contributed by atoms with Gasteiger partial charge >= 0.3 is 0 Å². The van der Waals surface area contributed by atoms with E-state index in [0.717, 1.165) is 50.1 Å². The van der Waals surface area contributed by atoms with E-state index in [2.05, 4.69) is 248 Å². The number of furan rings is 1. The highest BCUT2D eigenvalue weighted by Crippen LogP contribution is 2.58. The molecular formula is C63H43NO. The van der Waals surface area contributed by atoms with Gasteiger partial charge in [-0.15, -0.1) is 0 Å². The summed E-state index contributed by atoms with van der Waals surface area (Å²) >= 11 is 0. The van der Waals surface area contributed by atoms with Gasteiger partial charge in [0, 0.05) is 33.2 Å². The van der Waals surface area contributed by atoms with Crippen LogP contribution < -0.4 is 4.90 Å². The maximum atomic E-state index is 6.33. The lowest BCUT2D eigenvalue weighted by atomic mass is 9.68. The second-order valence-corrected chi connectivity index (χ2v) is 17.7. The van der Waals surface area contributed by atoms with Crippen LogP contribution in [0.3, 0.4) is 0 Å². The van der Waals surface area contributed by atoms with Gasteiger partial charge in [0.25, 0.3) is 0 Å². The van der Waals surface area contributed by atoms with Crippen LogP contribution in [-0.2, 0) is 10.8 Å². The average Bonchev–Trinajstić information content (AvgIpc) is 4.00. The number of para-hydroxylation sites is 1. The highest BCUT2D eigenvalue weighted by Gasteiger charge is 2.46. The second-order valence-electron chi connectivity index (χ2n) is 17.7. The summed E-state index contributed by atoms with van der Waals surface area (Å²) in [5.74, 6) is 0. The normalized spacial score (nSPS) is 15.3. The van der Waals surface area contributed by atoms with E-state index in [1.807, 2.05) is 6.07 Å². The lowest BCUT2D eigenvalue weighted by molar-refractivity contribution is 0.669. The van der Waals surface area contributed by atoms with Crippen LogP contribution in [0.5, 0.6) is 0 Å². The summed E-state index contributed by atoms with van der Waals surface area (Å²) in [6, 6.07) is 89.2. The minimum absolute atomic E-state index is 0.341. The molecule has 65 heavy (non-hydrogen) atoms. The first-order valence-electron chi connectivity index (χ1n) is 22.6. The van der Waals surface area contributed by atoms with Crippen molar-refractivity contribution in [3.8, 4) is 33.4 Å². The van der Waals surface area contributed by atoms with Crippen LogP contribution in [0.25, 0.3) is 55.3 Å². The van der Waals surface area contributed by atoms with E-state index in [1.165, 1.54) is 61.2 Å². The fourth-order valence-electron chi connectivity index (χ4n) is 11.5. The van der Waals surface area contributed by atoms with Gasteiger partial charge < -0.3 is 9.32 Å². The number of hydrogen-bond acceptors (Lipinski definition) is 2. The lowest BCUT2D eigenvalue weighted by Crippen LogP contribution is -2.28. The van der Waals surface area contributed by atoms with Gasteiger partial charge in [0.1, 0.15) is 11.2 Å². The van der Waals surface area contributed by atoms with Crippen LogP contribution in [0.2, 0.25) is 0 Å². The predicted molar refractivity (Wildman–Crippen MR) is 269 cm³/mol. The molecule has 2 aliphatic rings. The Bertz CT molecular complexity index is 3570. The summed E-state index contributed by atoms with van der Waals surface area (Å²) in [4.78, 5) is 2.46. The molecule has 0 fully saturated rings. The molecule has 306 valence electrons. The third-order valence-electron chi connectivity index (χ3n) is 14.4. The largest absolute Gasteiger partial charge is 0.456 e. The maximum absolute atomic E-state index is 6.33. The fourth-order valence-corrected chi connectivity index (χ4v) is 11.5. The van der Waals surface area contributed by atoms with Crippen molar-refractivity contribution in [1.29, 1.82) is 0 Å². The Balaban J connectivity index is 1.03. The monoisotopic (exact) mass is 829 g/mol. The molecule has 2 nitrogen and oxygen atoms in total. The Hall–Kier alpha value is -8.20. The molecule has 0 spiro atoms. The van der Waals surface area contributed by atoms with Crippen molar-refractivity contribution in [1.82, 2.24) is 0 Å². The topological polar surface area (TPSA) is 16.4 Å². The van der Waals surface area contributed by atoms with Crippen LogP contribution in [0, 0.1) is 0 Å². The maximum Gasteiger partial charge on any atom is 0.136 e. The Morgan fingerprint density at radius 2 is 0.846 bits per heavy atom. The molecule has 10 aromatic carbocycles. The first-order chi connectivity index (χ1) is 32.1. The van der Waals surface area contributed by atoms with Gasteiger partial charge in [-0.3, -0.25) is 0 Å². The van der Waals surface area contributed by atoms with E-state index >= 15 is 0 Å². The van der Waals surface area contributed by atoms with Crippen molar-refractivity contribution in [2.24, 2.45) is 0 Å². The minimum Gasteiger partial charge on any atom is -0.456 e. The molecular weight excluding hydrogens is 787 g/mol. The summed E-state index contributed by atoms with van der Waals surface area (Å²) < 4.78 is 6.33. The zero-order valence-electron chi connectivity index (χ0n) is 35.9. The Morgan fingerprint density at radius 3 is 1.57 bits per heavy atom. The quantitative estimate of drug-likeness (QED) is 0.159. The van der Waals surface area contributed by atoms with E-state index in [0.29, 0.717) is 0 Å². The molecule has 0 aliphatic heterocycles. The van der Waals surface area contributed by atoms with Crippen LogP contribution >= 0.6 is 0 Å². The van der Waals surface area contributed by atoms with Crippen molar-refractivity contribution >= 4 is 39.0 Å². The average molecular weight is 830 g/mol. The Labute approximate surface area is 379 Å². The standard InChI is InChI=1S/C63H43NO/c1-62(43-18-5-2-6-19-43)55-28-14-11-24-50(55)52-38-36-48(41-58(52)62)64(46-34-32-42(33-35-46)49-27-17-31-60-61(49)53-26-13-16-30-59(53)65-60)47-37-39-57-54(40-47)51-25-12-15-29-56(51)63(57,44-20-7-3-8-21-44)45-22-9-4-10-23-45/h2-41H,1H3. The van der Waals surface area contributed by atoms with Gasteiger partial charge in [-0.2, -0.15) is 0 Å². The van der Waals surface area contributed by atoms with Gasteiger partial charge in [-0.1, -0.05) is 194 Å². The molecule has 1 heterocycles. The van der Waals surface area contributed by atoms with Crippen LogP contribution in [0.15, 0.2) is 247 Å². The van der Waals surface area contributed by atoms with Crippen molar-refractivity contribution in [2.45, 2.75) is 17.8 Å². The number of benzene rings is 10. The first-order valence-corrected chi connectivity index (χ1v) is 22.6. The lowest BCUT2D eigenvalue weighted by Gasteiger charge is -2.34. The molecule has 0 N–H and O–H groups in total. The van der Waals surface area contributed by atoms with Crippen LogP contribution in [0.4, 0.5) is 17.1 Å². The second kappa shape index (κ2) is 14.4. The van der Waals surface area contributed by atoms with E-state index in [1.54, 1.807) is 0 Å². The molecule has 0 amide bonds. The molecule has 0 saturated heterocycles. The van der Waals surface area contributed by atoms with Crippen LogP contribution in [-0.4, -0.2) is 0 Å². The Morgan fingerprint density at radius 1 is 0.338 bits per heavy atom. The zero-order valence-corrected chi connectivity index (χ0v) is 35.9. The van der Waals surface area contributed by atoms with Crippen LogP contribution in [0.1, 0.15) is 45.9 Å². The van der Waals surface area contributed by atoms with E-state index in [9.17, 15) is 0 Å². The SMILES string of the molecule is CC1(c2ccccc2)c2ccccc2-c2ccc(N(c3ccc(-c4cccc5oc6ccccc6c45)cc3)c3ccc4c(c3)-c3ccccc3C4(c3ccccc3)c3ccccc3)cc21. The molecule has 1 aromatic heterocycles. The minimum atomic E-state index is -0.478. The third kappa shape index (κ3) is 5.41. The van der Waals surface area contributed by atoms with Crippen molar-refractivity contribution in [2.75, 3.05) is 4.90 Å². The molecule has 1 atom stereocenters. The van der Waals surface area contributed by atoms with Crippen molar-refractivity contribution in [3.63, 3.8) is 0 Å². The zero-order chi connectivity index (χ0) is 43.1. The third-order valence-corrected chi connectivity index (χ3v) is 14.4. The summed E-state index contributed by atoms with van der Waals surface area (Å²) in [6.07, 6.45) is 0. The van der Waals surface area contributed by atoms with E-state index in [-0.39, 0.29) is 5.41 Å². The molecule has 11 aromatic rings. The highest BCUT2D eigenvalue weighted by atomic mass is 16.3. The van der Waals surface area contributed by atoms with Gasteiger partial charge in [-0.05, 0) is 128 Å². The number of anilines is 3. The molecule has 2 heteroatoms. The molecule has 0 saturated carbocycles. The molecule has 13 rings (SSSR count). The summed E-state index contributed by atoms with van der Waals surface area (Å²) in [7, 11) is 0. The van der Waals surface area contributed by atoms with Crippen molar-refractivity contribution in [3.05, 3.63) is 282 Å². The van der Waals surface area contributed by atoms with Crippen molar-refractivity contribution < 1.29 is 4.42 Å². The number of hydrogen-bond donors (Lipinski definition) is 0. The fraction of sp³-hybridized carbons (Fsp3) is 0.0476. The Kier molecular flexibility index (Phi) is 8.29. The number of rotatable bonds is 7.